The van der Waals surface area contributed by atoms with E-state index in [0.29, 0.717) is 18.0 Å². The van der Waals surface area contributed by atoms with Gasteiger partial charge in [0.15, 0.2) is 0 Å². The predicted molar refractivity (Wildman–Crippen MR) is 73.0 cm³/mol. The molecule has 1 saturated carbocycles. The Morgan fingerprint density at radius 1 is 1.33 bits per heavy atom. The number of imide groups is 1. The number of hydrogen-bond acceptors (Lipinski definition) is 4. The molecule has 4 nitrogen and oxygen atoms in total. The summed E-state index contributed by atoms with van der Waals surface area (Å²) >= 11 is 1.05. The fraction of sp³-hybridized carbons (Fsp3) is 0.692. The number of thioether (sulfide) groups is 1. The zero-order valence-corrected chi connectivity index (χ0v) is 11.4. The van der Waals surface area contributed by atoms with Gasteiger partial charge in [0.05, 0.1) is 4.91 Å². The highest BCUT2D eigenvalue weighted by atomic mass is 32.2. The molecule has 1 heterocycles. The highest BCUT2D eigenvalue weighted by Gasteiger charge is 2.34. The summed E-state index contributed by atoms with van der Waals surface area (Å²) in [5.74, 6) is 0.654. The van der Waals surface area contributed by atoms with Gasteiger partial charge in [0.2, 0.25) is 0 Å². The molecule has 1 aliphatic heterocycles. The second kappa shape index (κ2) is 6.38. The van der Waals surface area contributed by atoms with Crippen molar-refractivity contribution in [3.63, 3.8) is 0 Å². The van der Waals surface area contributed by atoms with E-state index >= 15 is 0 Å². The van der Waals surface area contributed by atoms with Gasteiger partial charge in [0, 0.05) is 13.1 Å². The first kappa shape index (κ1) is 13.6. The first-order chi connectivity index (χ1) is 8.72. The van der Waals surface area contributed by atoms with Crippen LogP contribution < -0.4 is 5.73 Å². The molecule has 0 atom stereocenters. The Labute approximate surface area is 112 Å². The van der Waals surface area contributed by atoms with Gasteiger partial charge >= 0.3 is 0 Å². The molecule has 0 radical (unpaired) electrons. The average molecular weight is 268 g/mol. The lowest BCUT2D eigenvalue weighted by atomic mass is 10.0. The van der Waals surface area contributed by atoms with Crippen LogP contribution >= 0.6 is 11.8 Å². The summed E-state index contributed by atoms with van der Waals surface area (Å²) in [4.78, 5) is 25.3. The van der Waals surface area contributed by atoms with Crippen molar-refractivity contribution >= 4 is 22.9 Å². The SMILES string of the molecule is NCCN1C(=O)SC(=CCCC2CCCC2)C1=O. The third-order valence-electron chi connectivity index (χ3n) is 3.61. The van der Waals surface area contributed by atoms with Crippen LogP contribution in [0.2, 0.25) is 0 Å². The van der Waals surface area contributed by atoms with Crippen LogP contribution in [0.1, 0.15) is 38.5 Å². The maximum Gasteiger partial charge on any atom is 0.293 e. The van der Waals surface area contributed by atoms with Crippen LogP contribution in [0.5, 0.6) is 0 Å². The number of rotatable bonds is 5. The zero-order chi connectivity index (χ0) is 13.0. The molecule has 2 rings (SSSR count). The van der Waals surface area contributed by atoms with E-state index in [9.17, 15) is 9.59 Å². The van der Waals surface area contributed by atoms with Crippen LogP contribution in [0.15, 0.2) is 11.0 Å². The molecule has 0 aromatic heterocycles. The van der Waals surface area contributed by atoms with Gasteiger partial charge in [-0.25, -0.2) is 0 Å². The molecular weight excluding hydrogens is 248 g/mol. The Morgan fingerprint density at radius 2 is 2.06 bits per heavy atom. The van der Waals surface area contributed by atoms with Gasteiger partial charge in [-0.15, -0.1) is 0 Å². The highest BCUT2D eigenvalue weighted by Crippen LogP contribution is 2.32. The van der Waals surface area contributed by atoms with Crippen molar-refractivity contribution < 1.29 is 9.59 Å². The van der Waals surface area contributed by atoms with Crippen LogP contribution in [0.3, 0.4) is 0 Å². The summed E-state index contributed by atoms with van der Waals surface area (Å²) in [7, 11) is 0. The lowest BCUT2D eigenvalue weighted by Gasteiger charge is -2.09. The zero-order valence-electron chi connectivity index (χ0n) is 10.6. The van der Waals surface area contributed by atoms with E-state index in [4.69, 9.17) is 5.73 Å². The summed E-state index contributed by atoms with van der Waals surface area (Å²) in [6, 6.07) is 0. The molecule has 18 heavy (non-hydrogen) atoms. The Morgan fingerprint density at radius 3 is 2.72 bits per heavy atom. The maximum absolute atomic E-state index is 11.9. The monoisotopic (exact) mass is 268 g/mol. The number of carbonyl (C=O) groups excluding carboxylic acids is 2. The van der Waals surface area contributed by atoms with Gasteiger partial charge in [-0.2, -0.15) is 0 Å². The smallest absolute Gasteiger partial charge is 0.293 e. The van der Waals surface area contributed by atoms with Crippen LogP contribution in [0.25, 0.3) is 0 Å². The molecule has 1 aliphatic carbocycles. The van der Waals surface area contributed by atoms with E-state index in [2.05, 4.69) is 0 Å². The molecule has 2 fully saturated rings. The lowest BCUT2D eigenvalue weighted by Crippen LogP contribution is -2.33. The van der Waals surface area contributed by atoms with Crippen molar-refractivity contribution in [1.29, 1.82) is 0 Å². The first-order valence-electron chi connectivity index (χ1n) is 6.66. The Kier molecular flexibility index (Phi) is 4.83. The van der Waals surface area contributed by atoms with Crippen LogP contribution in [0.4, 0.5) is 4.79 Å². The number of carbonyl (C=O) groups is 2. The standard InChI is InChI=1S/C13H20N2O2S/c14-8-9-15-12(16)11(18-13(15)17)7-3-6-10-4-1-2-5-10/h7,10H,1-6,8-9,14H2. The second-order valence-corrected chi connectivity index (χ2v) is 5.90. The maximum atomic E-state index is 11.9. The molecule has 100 valence electrons. The van der Waals surface area contributed by atoms with E-state index in [1.807, 2.05) is 6.08 Å². The number of hydrogen-bond donors (Lipinski definition) is 1. The average Bonchev–Trinajstić information content (AvgIpc) is 2.94. The molecule has 5 heteroatoms. The van der Waals surface area contributed by atoms with E-state index in [0.717, 1.165) is 30.5 Å². The van der Waals surface area contributed by atoms with Crippen LogP contribution in [0, 0.1) is 5.92 Å². The first-order valence-corrected chi connectivity index (χ1v) is 7.48. The van der Waals surface area contributed by atoms with Gasteiger partial charge < -0.3 is 5.73 Å². The quantitative estimate of drug-likeness (QED) is 0.778. The third kappa shape index (κ3) is 3.14. The summed E-state index contributed by atoms with van der Waals surface area (Å²) in [6.07, 6.45) is 9.31. The van der Waals surface area contributed by atoms with E-state index < -0.39 is 0 Å². The summed E-state index contributed by atoms with van der Waals surface area (Å²) in [5, 5.41) is -0.183. The Balaban J connectivity index is 1.85. The molecule has 2 N–H and O–H groups in total. The van der Waals surface area contributed by atoms with Gasteiger partial charge in [-0.3, -0.25) is 14.5 Å². The summed E-state index contributed by atoms with van der Waals surface area (Å²) < 4.78 is 0. The van der Waals surface area contributed by atoms with Gasteiger partial charge in [-0.1, -0.05) is 31.8 Å². The lowest BCUT2D eigenvalue weighted by molar-refractivity contribution is -0.122. The molecule has 2 aliphatic rings. The fourth-order valence-electron chi connectivity index (χ4n) is 2.61. The van der Waals surface area contributed by atoms with E-state index in [1.54, 1.807) is 0 Å². The fourth-order valence-corrected chi connectivity index (χ4v) is 3.48. The number of amides is 2. The summed E-state index contributed by atoms with van der Waals surface area (Å²) in [5.41, 5.74) is 5.39. The van der Waals surface area contributed by atoms with Crippen LogP contribution in [-0.4, -0.2) is 29.1 Å². The number of nitrogens with zero attached hydrogens (tertiary/aromatic N) is 1. The molecule has 0 unspecified atom stereocenters. The molecule has 0 aromatic carbocycles. The third-order valence-corrected chi connectivity index (χ3v) is 4.56. The molecule has 0 spiro atoms. The van der Waals surface area contributed by atoms with Crippen molar-refractivity contribution in [1.82, 2.24) is 4.90 Å². The van der Waals surface area contributed by atoms with Crippen molar-refractivity contribution in [3.8, 4) is 0 Å². The molecular formula is C13H20N2O2S. The predicted octanol–water partition coefficient (Wildman–Crippen LogP) is 2.49. The van der Waals surface area contributed by atoms with Crippen molar-refractivity contribution in [2.75, 3.05) is 13.1 Å². The van der Waals surface area contributed by atoms with Crippen molar-refractivity contribution in [3.05, 3.63) is 11.0 Å². The Hall–Kier alpha value is -0.810. The van der Waals surface area contributed by atoms with E-state index in [-0.39, 0.29) is 11.1 Å². The van der Waals surface area contributed by atoms with Crippen molar-refractivity contribution in [2.45, 2.75) is 38.5 Å². The molecule has 0 bridgehead atoms. The minimum atomic E-state index is -0.183. The largest absolute Gasteiger partial charge is 0.329 e. The molecule has 1 saturated heterocycles. The van der Waals surface area contributed by atoms with Crippen LogP contribution in [-0.2, 0) is 4.79 Å². The van der Waals surface area contributed by atoms with E-state index in [1.165, 1.54) is 30.6 Å². The number of allylic oxidation sites excluding steroid dienone is 1. The minimum Gasteiger partial charge on any atom is -0.329 e. The second-order valence-electron chi connectivity index (χ2n) is 4.91. The van der Waals surface area contributed by atoms with Gasteiger partial charge in [0.1, 0.15) is 0 Å². The summed E-state index contributed by atoms with van der Waals surface area (Å²) in [6.45, 7) is 0.651. The van der Waals surface area contributed by atoms with Crippen molar-refractivity contribution in [2.24, 2.45) is 11.7 Å². The van der Waals surface area contributed by atoms with Gasteiger partial charge in [-0.05, 0) is 30.5 Å². The Bertz CT molecular complexity index is 362. The van der Waals surface area contributed by atoms with Gasteiger partial charge in [0.25, 0.3) is 11.1 Å². The topological polar surface area (TPSA) is 63.4 Å². The minimum absolute atomic E-state index is 0.165. The highest BCUT2D eigenvalue weighted by molar-refractivity contribution is 8.18. The molecule has 0 aromatic rings. The normalized spacial score (nSPS) is 23.6. The number of nitrogens with two attached hydrogens (primary N) is 1. The molecule has 2 amide bonds.